The molecule has 3 aromatic carbocycles. The molecule has 0 saturated heterocycles. The second-order valence-electron chi connectivity index (χ2n) is 9.17. The lowest BCUT2D eigenvalue weighted by Gasteiger charge is -2.22. The molecular weight excluding hydrogens is 576 g/mol. The summed E-state index contributed by atoms with van der Waals surface area (Å²) in [4.78, 5) is 37.5. The van der Waals surface area contributed by atoms with Crippen LogP contribution in [0.1, 0.15) is 22.6 Å². The zero-order valence-electron chi connectivity index (χ0n) is 22.4. The summed E-state index contributed by atoms with van der Waals surface area (Å²) in [6.07, 6.45) is 3.48. The summed E-state index contributed by atoms with van der Waals surface area (Å²) >= 11 is 2.37. The first-order valence-electron chi connectivity index (χ1n) is 12.7. The van der Waals surface area contributed by atoms with Crippen molar-refractivity contribution >= 4 is 23.5 Å². The maximum Gasteiger partial charge on any atom is 0.266 e. The smallest absolute Gasteiger partial charge is 0.266 e. The monoisotopic (exact) mass is 600 g/mol. The van der Waals surface area contributed by atoms with Crippen LogP contribution >= 0.6 is 23.5 Å². The molecule has 0 bridgehead atoms. The zero-order chi connectivity index (χ0) is 29.4. The lowest BCUT2D eigenvalue weighted by molar-refractivity contribution is 0.174. The van der Waals surface area contributed by atoms with Crippen molar-refractivity contribution in [2.75, 3.05) is 19.3 Å². The van der Waals surface area contributed by atoms with Crippen molar-refractivity contribution in [2.45, 2.75) is 16.2 Å². The molecule has 0 amide bonds. The minimum Gasteiger partial charge on any atom is -0.493 e. The largest absolute Gasteiger partial charge is 0.493 e. The lowest BCUT2D eigenvalue weighted by atomic mass is 9.86. The van der Waals surface area contributed by atoms with Gasteiger partial charge in [-0.15, -0.1) is 0 Å². The average molecular weight is 601 g/mol. The number of aromatic hydroxyl groups is 2. The normalized spacial score (nSPS) is 12.2. The molecule has 0 saturated carbocycles. The Morgan fingerprint density at radius 3 is 1.67 bits per heavy atom. The second kappa shape index (κ2) is 11.3. The van der Waals surface area contributed by atoms with Gasteiger partial charge in [0.2, 0.25) is 18.6 Å². The third-order valence-electron chi connectivity index (χ3n) is 6.84. The van der Waals surface area contributed by atoms with Crippen molar-refractivity contribution in [2.24, 2.45) is 0 Å². The highest BCUT2D eigenvalue weighted by Gasteiger charge is 2.34. The van der Waals surface area contributed by atoms with E-state index in [-0.39, 0.29) is 28.2 Å². The molecule has 5 aromatic rings. The molecule has 10 nitrogen and oxygen atoms in total. The Morgan fingerprint density at radius 2 is 1.19 bits per heavy atom. The minimum absolute atomic E-state index is 0.00945. The van der Waals surface area contributed by atoms with E-state index in [1.54, 1.807) is 79.2 Å². The number of benzene rings is 3. The Morgan fingerprint density at radius 1 is 0.714 bits per heavy atom. The molecule has 1 aliphatic rings. The predicted octanol–water partition coefficient (Wildman–Crippen LogP) is 4.54. The van der Waals surface area contributed by atoms with Gasteiger partial charge in [0, 0.05) is 0 Å². The Bertz CT molecular complexity index is 1800. The number of fused-ring (bicyclic) bond motifs is 1. The van der Waals surface area contributed by atoms with Gasteiger partial charge in [-0.3, -0.25) is 18.7 Å². The summed E-state index contributed by atoms with van der Waals surface area (Å²) in [6, 6.07) is 22.7. The molecule has 0 radical (unpaired) electrons. The summed E-state index contributed by atoms with van der Waals surface area (Å²) in [5.41, 5.74) is -0.212. The Balaban J connectivity index is 1.71. The highest BCUT2D eigenvalue weighted by atomic mass is 32.2. The fourth-order valence-electron chi connectivity index (χ4n) is 4.97. The molecule has 6 rings (SSSR count). The van der Waals surface area contributed by atoms with E-state index < -0.39 is 28.8 Å². The van der Waals surface area contributed by atoms with Crippen LogP contribution in [0.3, 0.4) is 0 Å². The zero-order valence-corrected chi connectivity index (χ0v) is 24.1. The summed E-state index contributed by atoms with van der Waals surface area (Å²) in [5, 5.41) is 23.1. The number of nitrogens with zero attached hydrogens (tertiary/aromatic N) is 4. The number of aromatic nitrogens is 4. The molecular formula is C30H24N4O6S2. The minimum atomic E-state index is -1.28. The molecule has 0 fully saturated rings. The molecule has 212 valence electrons. The van der Waals surface area contributed by atoms with Crippen LogP contribution in [-0.2, 0) is 0 Å². The summed E-state index contributed by atoms with van der Waals surface area (Å²) in [6.45, 7) is 0.00945. The maximum atomic E-state index is 14.4. The van der Waals surface area contributed by atoms with Crippen molar-refractivity contribution in [1.82, 2.24) is 19.1 Å². The molecule has 2 aromatic heterocycles. The first-order chi connectivity index (χ1) is 20.4. The van der Waals surface area contributed by atoms with Crippen LogP contribution < -0.4 is 20.6 Å². The third-order valence-corrected chi connectivity index (χ3v) is 8.11. The van der Waals surface area contributed by atoms with Gasteiger partial charge >= 0.3 is 0 Å². The van der Waals surface area contributed by atoms with Crippen molar-refractivity contribution in [3.05, 3.63) is 116 Å². The van der Waals surface area contributed by atoms with E-state index >= 15 is 0 Å². The average Bonchev–Trinajstić information content (AvgIpc) is 3.48. The van der Waals surface area contributed by atoms with Crippen LogP contribution in [0.2, 0.25) is 0 Å². The number of hydrogen-bond acceptors (Lipinski definition) is 10. The van der Waals surface area contributed by atoms with Crippen molar-refractivity contribution in [3.63, 3.8) is 0 Å². The van der Waals surface area contributed by atoms with Gasteiger partial charge < -0.3 is 19.7 Å². The summed E-state index contributed by atoms with van der Waals surface area (Å²) in [5.74, 6) is -1.54. The van der Waals surface area contributed by atoms with E-state index in [2.05, 4.69) is 9.97 Å². The highest BCUT2D eigenvalue weighted by Crippen LogP contribution is 2.42. The van der Waals surface area contributed by atoms with Crippen molar-refractivity contribution < 1.29 is 19.7 Å². The van der Waals surface area contributed by atoms with Gasteiger partial charge in [0.05, 0.1) is 28.4 Å². The van der Waals surface area contributed by atoms with E-state index in [1.807, 2.05) is 12.1 Å². The molecule has 2 N–H and O–H groups in total. The second-order valence-corrected chi connectivity index (χ2v) is 10.7. The van der Waals surface area contributed by atoms with E-state index in [4.69, 9.17) is 9.47 Å². The Hall–Kier alpha value is -4.68. The molecule has 42 heavy (non-hydrogen) atoms. The van der Waals surface area contributed by atoms with Crippen LogP contribution in [0.15, 0.2) is 98.8 Å². The standard InChI is InChI=1S/C30H24N4O6S2/c1-41-29-31-25(35)23(27(37)33(29)18-9-5-3-6-10-18)22(17-13-14-20-21(15-17)40-16-39-20)24-26(36)32-30(42-2)34(28(24)38)19-11-7-4-8-12-19/h3-15,22,35-36H,16H2,1-2H3. The first-order valence-corrected chi connectivity index (χ1v) is 15.2. The van der Waals surface area contributed by atoms with Crippen LogP contribution in [0.25, 0.3) is 11.4 Å². The Kier molecular flexibility index (Phi) is 7.40. The summed E-state index contributed by atoms with van der Waals surface area (Å²) < 4.78 is 13.8. The fraction of sp³-hybridized carbons (Fsp3) is 0.133. The van der Waals surface area contributed by atoms with Crippen LogP contribution in [-0.4, -0.2) is 48.6 Å². The van der Waals surface area contributed by atoms with Gasteiger partial charge in [-0.2, -0.15) is 9.97 Å². The molecule has 0 aliphatic carbocycles. The van der Waals surface area contributed by atoms with E-state index in [9.17, 15) is 19.8 Å². The number of hydrogen-bond donors (Lipinski definition) is 2. The molecule has 3 heterocycles. The maximum absolute atomic E-state index is 14.4. The number of rotatable bonds is 7. The number of ether oxygens (including phenoxy) is 2. The molecule has 1 aliphatic heterocycles. The molecule has 0 spiro atoms. The SMILES string of the molecule is CSc1nc(O)c(C(c2ccc3c(c2)OCO3)c2c(O)nc(SC)n(-c3ccccc3)c2=O)c(=O)n1-c1ccccc1. The van der Waals surface area contributed by atoms with Gasteiger partial charge in [-0.1, -0.05) is 66.0 Å². The number of thioether (sulfide) groups is 2. The van der Waals surface area contributed by atoms with Crippen LogP contribution in [0, 0.1) is 0 Å². The molecule has 12 heteroatoms. The van der Waals surface area contributed by atoms with Crippen molar-refractivity contribution in [1.29, 1.82) is 0 Å². The Labute approximate surface area is 248 Å². The van der Waals surface area contributed by atoms with Crippen LogP contribution in [0.4, 0.5) is 0 Å². The summed E-state index contributed by atoms with van der Waals surface area (Å²) in [7, 11) is 0. The first kappa shape index (κ1) is 27.5. The lowest BCUT2D eigenvalue weighted by Crippen LogP contribution is -2.32. The topological polar surface area (TPSA) is 129 Å². The van der Waals surface area contributed by atoms with E-state index in [1.165, 1.54) is 32.7 Å². The quantitative estimate of drug-likeness (QED) is 0.203. The van der Waals surface area contributed by atoms with Crippen molar-refractivity contribution in [3.8, 4) is 34.6 Å². The molecule has 0 atom stereocenters. The van der Waals surface area contributed by atoms with Gasteiger partial charge in [-0.05, 0) is 54.5 Å². The van der Waals surface area contributed by atoms with Crippen LogP contribution in [0.5, 0.6) is 23.3 Å². The van der Waals surface area contributed by atoms with Gasteiger partial charge in [0.1, 0.15) is 0 Å². The fourth-order valence-corrected chi connectivity index (χ4v) is 6.06. The van der Waals surface area contributed by atoms with E-state index in [0.29, 0.717) is 28.4 Å². The number of para-hydroxylation sites is 2. The predicted molar refractivity (Wildman–Crippen MR) is 160 cm³/mol. The van der Waals surface area contributed by atoms with Gasteiger partial charge in [0.25, 0.3) is 11.1 Å². The van der Waals surface area contributed by atoms with E-state index in [0.717, 1.165) is 0 Å². The third kappa shape index (κ3) is 4.68. The molecule has 0 unspecified atom stereocenters. The van der Waals surface area contributed by atoms with Gasteiger partial charge in [-0.25, -0.2) is 0 Å². The highest BCUT2D eigenvalue weighted by molar-refractivity contribution is 7.98. The van der Waals surface area contributed by atoms with Gasteiger partial charge in [0.15, 0.2) is 21.8 Å².